The zero-order valence-electron chi connectivity index (χ0n) is 30.0. The number of carbonyl (C=O) groups is 1. The molecule has 6 aromatic rings. The summed E-state index contributed by atoms with van der Waals surface area (Å²) in [7, 11) is 3.22. The van der Waals surface area contributed by atoms with E-state index in [1.54, 1.807) is 62.8 Å². The van der Waals surface area contributed by atoms with Crippen molar-refractivity contribution in [2.24, 2.45) is 0 Å². The van der Waals surface area contributed by atoms with Gasteiger partial charge in [0.15, 0.2) is 5.78 Å². The molecule has 0 heterocycles. The van der Waals surface area contributed by atoms with E-state index in [0.717, 1.165) is 39.9 Å². The van der Waals surface area contributed by atoms with Crippen molar-refractivity contribution in [3.05, 3.63) is 179 Å². The van der Waals surface area contributed by atoms with Gasteiger partial charge in [0.25, 0.3) is 0 Å². The molecule has 1 N–H and O–H groups in total. The van der Waals surface area contributed by atoms with Crippen LogP contribution in [0.4, 0.5) is 0 Å². The number of benzene rings is 6. The van der Waals surface area contributed by atoms with E-state index in [1.165, 1.54) is 11.1 Å². The Bertz CT molecular complexity index is 1900. The maximum Gasteiger partial charge on any atom is 1.00 e. The fraction of sp³-hybridized carbons (Fsp3) is 0.119. The Balaban J connectivity index is 0.000000334. The minimum absolute atomic E-state index is 0. The van der Waals surface area contributed by atoms with Crippen LogP contribution in [0.25, 0.3) is 0 Å². The zero-order valence-corrected chi connectivity index (χ0v) is 31.0. The molecule has 50 heavy (non-hydrogen) atoms. The predicted octanol–water partition coefficient (Wildman–Crippen LogP) is 6.64. The second-order valence-electron chi connectivity index (χ2n) is 11.2. The van der Waals surface area contributed by atoms with Crippen LogP contribution < -0.4 is 48.5 Å². The van der Waals surface area contributed by atoms with Gasteiger partial charge in [0.05, 0.1) is 14.2 Å². The summed E-state index contributed by atoms with van der Waals surface area (Å²) >= 11 is 0. The summed E-state index contributed by atoms with van der Waals surface area (Å²) < 4.78 is 21.8. The molecule has 8 heteroatoms. The zero-order chi connectivity index (χ0) is 33.9. The molecule has 0 aliphatic heterocycles. The van der Waals surface area contributed by atoms with Gasteiger partial charge in [-0.2, -0.15) is 0 Å². The fourth-order valence-corrected chi connectivity index (χ4v) is 4.77. The largest absolute Gasteiger partial charge is 1.00 e. The molecular weight excluding hydrogens is 634 g/mol. The molecule has 0 aromatic heterocycles. The molecule has 0 aliphatic rings. The number of ketones is 1. The predicted molar refractivity (Wildman–Crippen MR) is 196 cm³/mol. The van der Waals surface area contributed by atoms with Crippen LogP contribution in [-0.2, 0) is 0 Å². The molecule has 6 rings (SSSR count). The topological polar surface area (TPSA) is 74.2 Å². The van der Waals surface area contributed by atoms with E-state index in [1.807, 2.05) is 111 Å². The molecule has 0 aliphatic carbocycles. The number of methoxy groups -OCH3 is 2. The van der Waals surface area contributed by atoms with Crippen molar-refractivity contribution in [2.75, 3.05) is 14.2 Å². The van der Waals surface area contributed by atoms with Crippen molar-refractivity contribution in [1.29, 1.82) is 0 Å². The number of aliphatic hydroxyl groups excluding tert-OH is 1. The third kappa shape index (κ3) is 11.1. The van der Waals surface area contributed by atoms with Crippen molar-refractivity contribution < 1.29 is 59.8 Å². The molecule has 1 atom stereocenters. The van der Waals surface area contributed by atoms with Gasteiger partial charge >= 0.3 is 29.6 Å². The van der Waals surface area contributed by atoms with Gasteiger partial charge in [-0.05, 0) is 122 Å². The number of aryl methyl sites for hydroxylation is 2. The quantitative estimate of drug-likeness (QED) is 0.130. The van der Waals surface area contributed by atoms with Crippen LogP contribution >= 0.6 is 0 Å². The maximum absolute atomic E-state index is 12.5. The van der Waals surface area contributed by atoms with Gasteiger partial charge in [-0.15, -0.1) is 0 Å². The molecule has 3 radical (unpaired) electrons. The summed E-state index contributed by atoms with van der Waals surface area (Å²) in [6, 6.07) is 44.9. The van der Waals surface area contributed by atoms with Crippen LogP contribution in [0.5, 0.6) is 34.5 Å². The SMILES string of the molecule is COc1ccc(C(=O)c2ccc(Oc3ccc(C)cc3)cc2)cc1.COc1ccc(C(O)c2ccc(Oc3ccc(C)cc3)cc2)cc1.[B].[H-].[Na+]. The number of hydrogen-bond donors (Lipinski definition) is 1. The first kappa shape index (κ1) is 39.7. The first-order valence-electron chi connectivity index (χ1n) is 15.5. The number of ether oxygens (including phenoxy) is 4. The number of hydrogen-bond acceptors (Lipinski definition) is 6. The molecule has 0 saturated carbocycles. The smallest absolute Gasteiger partial charge is 1.00 e. The Morgan fingerprint density at radius 2 is 0.740 bits per heavy atom. The van der Waals surface area contributed by atoms with Gasteiger partial charge in [-0.3, -0.25) is 4.79 Å². The van der Waals surface area contributed by atoms with Crippen molar-refractivity contribution in [3.63, 3.8) is 0 Å². The molecule has 0 bridgehead atoms. The van der Waals surface area contributed by atoms with E-state index in [0.29, 0.717) is 16.9 Å². The van der Waals surface area contributed by atoms with Crippen LogP contribution in [0.2, 0.25) is 0 Å². The van der Waals surface area contributed by atoms with E-state index in [4.69, 9.17) is 18.9 Å². The standard InChI is InChI=1S/C21H20O3.C21H18O3.B.Na.H/c2*1-15-3-9-19(10-4-15)24-20-13-7-17(8-14-20)21(22)16-5-11-18(23-2)12-6-16;;;/h3-14,21-22H,1-2H3;3-14H,1-2H3;;;/q;;;+1;-1. The normalized spacial score (nSPS) is 10.6. The summed E-state index contributed by atoms with van der Waals surface area (Å²) in [5, 5.41) is 10.5. The number of aliphatic hydroxyl groups is 1. The molecule has 6 aromatic carbocycles. The van der Waals surface area contributed by atoms with Gasteiger partial charge in [0.2, 0.25) is 0 Å². The monoisotopic (exact) mass is 673 g/mol. The van der Waals surface area contributed by atoms with Crippen LogP contribution in [0.3, 0.4) is 0 Å². The van der Waals surface area contributed by atoms with Crippen molar-refractivity contribution in [3.8, 4) is 34.5 Å². The van der Waals surface area contributed by atoms with Crippen LogP contribution in [0.15, 0.2) is 146 Å². The minimum Gasteiger partial charge on any atom is -1.00 e. The van der Waals surface area contributed by atoms with Gasteiger partial charge in [-0.1, -0.05) is 59.7 Å². The van der Waals surface area contributed by atoms with E-state index >= 15 is 0 Å². The molecular formula is C42H39BNaO6. The first-order chi connectivity index (χ1) is 23.3. The summed E-state index contributed by atoms with van der Waals surface area (Å²) in [6.07, 6.45) is -0.677. The molecule has 0 amide bonds. The average Bonchev–Trinajstić information content (AvgIpc) is 3.14. The van der Waals surface area contributed by atoms with Crippen molar-refractivity contribution in [1.82, 2.24) is 0 Å². The van der Waals surface area contributed by atoms with Gasteiger partial charge in [-0.25, -0.2) is 0 Å². The second kappa shape index (κ2) is 19.4. The van der Waals surface area contributed by atoms with Gasteiger partial charge in [0.1, 0.15) is 40.6 Å². The van der Waals surface area contributed by atoms with Crippen molar-refractivity contribution in [2.45, 2.75) is 20.0 Å². The third-order valence-corrected chi connectivity index (χ3v) is 7.61. The Kier molecular flexibility index (Phi) is 15.4. The van der Waals surface area contributed by atoms with Gasteiger partial charge in [0, 0.05) is 19.5 Å². The van der Waals surface area contributed by atoms with Gasteiger partial charge < -0.3 is 25.5 Å². The van der Waals surface area contributed by atoms with Crippen LogP contribution in [-0.4, -0.2) is 33.5 Å². The number of rotatable bonds is 10. The molecule has 6 nitrogen and oxygen atoms in total. The van der Waals surface area contributed by atoms with Crippen molar-refractivity contribution >= 4 is 14.2 Å². The van der Waals surface area contributed by atoms with E-state index in [-0.39, 0.29) is 45.2 Å². The first-order valence-corrected chi connectivity index (χ1v) is 15.5. The number of carbonyl (C=O) groups excluding carboxylic acids is 1. The second-order valence-corrected chi connectivity index (χ2v) is 11.2. The summed E-state index contributed by atoms with van der Waals surface area (Å²) in [5.74, 6) is 4.48. The summed E-state index contributed by atoms with van der Waals surface area (Å²) in [6.45, 7) is 4.07. The molecule has 0 fully saturated rings. The van der Waals surface area contributed by atoms with E-state index < -0.39 is 6.10 Å². The molecule has 1 unspecified atom stereocenters. The molecule has 0 saturated heterocycles. The van der Waals surface area contributed by atoms with E-state index in [2.05, 4.69) is 0 Å². The summed E-state index contributed by atoms with van der Waals surface area (Å²) in [4.78, 5) is 12.5. The average molecular weight is 674 g/mol. The fourth-order valence-electron chi connectivity index (χ4n) is 4.77. The van der Waals surface area contributed by atoms with Crippen LogP contribution in [0, 0.1) is 13.8 Å². The molecule has 247 valence electrons. The minimum atomic E-state index is -0.677. The Labute approximate surface area is 320 Å². The Hall–Kier alpha value is -4.79. The maximum atomic E-state index is 12.5. The van der Waals surface area contributed by atoms with E-state index in [9.17, 15) is 9.90 Å². The Morgan fingerprint density at radius 3 is 1.06 bits per heavy atom. The summed E-state index contributed by atoms with van der Waals surface area (Å²) in [5.41, 5.74) is 5.27. The Morgan fingerprint density at radius 1 is 0.480 bits per heavy atom. The third-order valence-electron chi connectivity index (χ3n) is 7.61. The van der Waals surface area contributed by atoms with Crippen LogP contribution in [0.1, 0.15) is 45.7 Å². The molecule has 0 spiro atoms.